The summed E-state index contributed by atoms with van der Waals surface area (Å²) in [7, 11) is 5.43. The number of imidazole rings is 1. The van der Waals surface area contributed by atoms with Crippen LogP contribution < -0.4 is 15.0 Å². The van der Waals surface area contributed by atoms with Gasteiger partial charge in [-0.05, 0) is 74.2 Å². The highest BCUT2D eigenvalue weighted by molar-refractivity contribution is 5.88. The summed E-state index contributed by atoms with van der Waals surface area (Å²) in [6.45, 7) is 7.44. The van der Waals surface area contributed by atoms with Crippen LogP contribution in [0.25, 0.3) is 22.2 Å². The highest BCUT2D eigenvalue weighted by Gasteiger charge is 2.31. The largest absolute Gasteiger partial charge is 0.491 e. The Morgan fingerprint density at radius 3 is 2.76 bits per heavy atom. The van der Waals surface area contributed by atoms with Crippen LogP contribution in [-0.2, 0) is 30.7 Å². The van der Waals surface area contributed by atoms with Gasteiger partial charge in [0.1, 0.15) is 24.0 Å². The summed E-state index contributed by atoms with van der Waals surface area (Å²) in [6.07, 6.45) is 2.52. The second kappa shape index (κ2) is 10.7. The second-order valence-corrected chi connectivity index (χ2v) is 12.0. The molecule has 2 aliphatic rings. The summed E-state index contributed by atoms with van der Waals surface area (Å²) in [5.41, 5.74) is 7.52. The number of H-pyrrole nitrogens is 1. The summed E-state index contributed by atoms with van der Waals surface area (Å²) < 4.78 is 10.9. The van der Waals surface area contributed by atoms with Gasteiger partial charge in [-0.15, -0.1) is 0 Å². The molecule has 2 aromatic heterocycles. The summed E-state index contributed by atoms with van der Waals surface area (Å²) in [4.78, 5) is 33.8. The quantitative estimate of drug-likeness (QED) is 0.347. The molecule has 41 heavy (non-hydrogen) atoms. The summed E-state index contributed by atoms with van der Waals surface area (Å²) in [5.74, 6) is 3.17. The molecular weight excluding hydrogens is 518 g/mol. The first-order valence-corrected chi connectivity index (χ1v) is 14.1. The molecule has 2 aromatic carbocycles. The van der Waals surface area contributed by atoms with Crippen molar-refractivity contribution in [2.24, 2.45) is 5.41 Å². The van der Waals surface area contributed by atoms with Gasteiger partial charge in [0.15, 0.2) is 0 Å². The van der Waals surface area contributed by atoms with E-state index in [1.165, 1.54) is 18.4 Å². The lowest BCUT2D eigenvalue weighted by molar-refractivity contribution is 0.186. The van der Waals surface area contributed by atoms with Crippen LogP contribution in [-0.4, -0.2) is 65.3 Å². The molecule has 0 bridgehead atoms. The molecule has 4 aromatic rings. The van der Waals surface area contributed by atoms with E-state index in [-0.39, 0.29) is 5.41 Å². The molecule has 1 aliphatic heterocycles. The van der Waals surface area contributed by atoms with Gasteiger partial charge in [0.05, 0.1) is 31.2 Å². The zero-order chi connectivity index (χ0) is 28.7. The number of rotatable bonds is 5. The fourth-order valence-electron chi connectivity index (χ4n) is 5.74. The molecule has 10 nitrogen and oxygen atoms in total. The third kappa shape index (κ3) is 5.69. The molecule has 1 amide bonds. The van der Waals surface area contributed by atoms with E-state index in [0.717, 1.165) is 70.9 Å². The van der Waals surface area contributed by atoms with Crippen LogP contribution in [0.15, 0.2) is 36.4 Å². The van der Waals surface area contributed by atoms with Crippen molar-refractivity contribution in [2.75, 3.05) is 44.6 Å². The number of carbonyl (C=O) groups is 1. The van der Waals surface area contributed by atoms with Gasteiger partial charge >= 0.3 is 6.09 Å². The number of fused-ring (bicyclic) bond motifs is 3. The topological polar surface area (TPSA) is 108 Å². The molecule has 0 saturated carbocycles. The monoisotopic (exact) mass is 555 g/mol. The number of methoxy groups -OCH3 is 1. The maximum Gasteiger partial charge on any atom is 0.413 e. The Bertz CT molecular complexity index is 1610. The van der Waals surface area contributed by atoms with Crippen LogP contribution in [0.3, 0.4) is 0 Å². The van der Waals surface area contributed by atoms with Gasteiger partial charge in [-0.1, -0.05) is 26.0 Å². The number of carbonyl (C=O) groups excluding carboxylic acids is 1. The van der Waals surface area contributed by atoms with E-state index in [0.29, 0.717) is 25.6 Å². The number of anilines is 2. The molecule has 214 valence electrons. The Kier molecular flexibility index (Phi) is 7.03. The number of nitrogens with one attached hydrogen (secondary N) is 2. The normalized spacial score (nSPS) is 16.1. The zero-order valence-corrected chi connectivity index (χ0v) is 24.4. The maximum absolute atomic E-state index is 11.6. The van der Waals surface area contributed by atoms with Crippen LogP contribution >= 0.6 is 0 Å². The van der Waals surface area contributed by atoms with Crippen LogP contribution in [0.5, 0.6) is 5.75 Å². The number of hydrogen-bond acceptors (Lipinski definition) is 8. The summed E-state index contributed by atoms with van der Waals surface area (Å²) in [5, 5.41) is 2.59. The van der Waals surface area contributed by atoms with Gasteiger partial charge in [-0.3, -0.25) is 5.32 Å². The van der Waals surface area contributed by atoms with Gasteiger partial charge in [-0.25, -0.2) is 19.7 Å². The Hall–Kier alpha value is -4.18. The van der Waals surface area contributed by atoms with Gasteiger partial charge in [0.25, 0.3) is 0 Å². The minimum atomic E-state index is -0.568. The van der Waals surface area contributed by atoms with E-state index in [4.69, 9.17) is 14.7 Å². The first-order valence-electron chi connectivity index (χ1n) is 14.1. The number of aromatic nitrogens is 4. The van der Waals surface area contributed by atoms with Crippen molar-refractivity contribution in [3.63, 3.8) is 0 Å². The van der Waals surface area contributed by atoms with Gasteiger partial charge in [0, 0.05) is 23.4 Å². The third-order valence-electron chi connectivity index (χ3n) is 7.83. The van der Waals surface area contributed by atoms with E-state index in [1.54, 1.807) is 0 Å². The molecule has 1 aliphatic carbocycles. The highest BCUT2D eigenvalue weighted by Crippen LogP contribution is 2.39. The van der Waals surface area contributed by atoms with E-state index in [2.05, 4.69) is 76.0 Å². The van der Waals surface area contributed by atoms with E-state index in [1.807, 2.05) is 18.2 Å². The minimum absolute atomic E-state index is 0.221. The van der Waals surface area contributed by atoms with Crippen LogP contribution in [0.4, 0.5) is 16.6 Å². The molecule has 2 N–H and O–H groups in total. The number of nitrogens with zero attached hydrogens (tertiary/aromatic N) is 5. The molecule has 3 heterocycles. The molecule has 6 rings (SSSR count). The van der Waals surface area contributed by atoms with Crippen LogP contribution in [0.2, 0.25) is 0 Å². The SMILES string of the molecule is COC(=O)Nc1nc2ccc(-c3ccc4c(c3)CN(c3nc(CN(C)C)nc5c3CC(C)(C)CC5)CCO4)cc2[nH]1. The van der Waals surface area contributed by atoms with Gasteiger partial charge in [-0.2, -0.15) is 0 Å². The molecule has 0 spiro atoms. The average molecular weight is 556 g/mol. The Balaban J connectivity index is 1.33. The number of amides is 1. The van der Waals surface area contributed by atoms with Crippen molar-refractivity contribution < 1.29 is 14.3 Å². The van der Waals surface area contributed by atoms with E-state index < -0.39 is 6.09 Å². The van der Waals surface area contributed by atoms with Crippen molar-refractivity contribution in [3.8, 4) is 16.9 Å². The Labute approximate surface area is 240 Å². The third-order valence-corrected chi connectivity index (χ3v) is 7.83. The molecule has 0 fully saturated rings. The molecule has 0 atom stereocenters. The van der Waals surface area contributed by atoms with Crippen LogP contribution in [0, 0.1) is 5.41 Å². The standard InChI is InChI=1S/C31H37N7O3/c1-31(2)11-10-23-22(16-31)28(35-27(32-23)18-37(3)4)38-12-13-41-26-9-7-19(14-21(26)17-38)20-6-8-24-25(15-20)34-29(33-24)36-30(39)40-5/h6-9,14-15H,10-13,16-18H2,1-5H3,(H2,33,34,36,39). The van der Waals surface area contributed by atoms with Gasteiger partial charge in [0.2, 0.25) is 5.95 Å². The zero-order valence-electron chi connectivity index (χ0n) is 24.4. The van der Waals surface area contributed by atoms with Crippen molar-refractivity contribution >= 4 is 28.9 Å². The number of aryl methyl sites for hydroxylation is 1. The predicted molar refractivity (Wildman–Crippen MR) is 159 cm³/mol. The summed E-state index contributed by atoms with van der Waals surface area (Å²) >= 11 is 0. The van der Waals surface area contributed by atoms with E-state index in [9.17, 15) is 4.79 Å². The lowest BCUT2D eigenvalue weighted by Crippen LogP contribution is -2.32. The minimum Gasteiger partial charge on any atom is -0.491 e. The van der Waals surface area contributed by atoms with Crippen molar-refractivity contribution in [1.29, 1.82) is 0 Å². The lowest BCUT2D eigenvalue weighted by atomic mass is 9.76. The molecule has 0 radical (unpaired) electrons. The van der Waals surface area contributed by atoms with Crippen molar-refractivity contribution in [1.82, 2.24) is 24.8 Å². The Morgan fingerprint density at radius 2 is 1.95 bits per heavy atom. The lowest BCUT2D eigenvalue weighted by Gasteiger charge is -2.34. The summed E-state index contributed by atoms with van der Waals surface area (Å²) in [6, 6.07) is 12.4. The van der Waals surface area contributed by atoms with Gasteiger partial charge < -0.3 is 24.3 Å². The second-order valence-electron chi connectivity index (χ2n) is 12.0. The fraction of sp³-hybridized carbons (Fsp3) is 0.419. The van der Waals surface area contributed by atoms with Crippen LogP contribution in [0.1, 0.15) is 42.9 Å². The Morgan fingerprint density at radius 1 is 1.15 bits per heavy atom. The highest BCUT2D eigenvalue weighted by atomic mass is 16.5. The maximum atomic E-state index is 11.6. The number of aromatic amines is 1. The molecular formula is C31H37N7O3. The first kappa shape index (κ1) is 27.0. The van der Waals surface area contributed by atoms with E-state index >= 15 is 0 Å². The first-order chi connectivity index (χ1) is 19.7. The molecule has 10 heteroatoms. The fourth-order valence-corrected chi connectivity index (χ4v) is 5.74. The smallest absolute Gasteiger partial charge is 0.413 e. The molecule has 0 unspecified atom stereocenters. The van der Waals surface area contributed by atoms with Crippen molar-refractivity contribution in [3.05, 3.63) is 59.0 Å². The number of hydrogen-bond donors (Lipinski definition) is 2. The number of ether oxygens (including phenoxy) is 2. The number of benzene rings is 2. The average Bonchev–Trinajstić information content (AvgIpc) is 3.20. The predicted octanol–water partition coefficient (Wildman–Crippen LogP) is 5.17. The van der Waals surface area contributed by atoms with Crippen molar-refractivity contribution in [2.45, 2.75) is 46.2 Å². The molecule has 0 saturated heterocycles.